The number of carbonyl (C=O) groups is 1. The molecule has 1 aliphatic rings. The van der Waals surface area contributed by atoms with Gasteiger partial charge in [-0.25, -0.2) is 9.78 Å². The fraction of sp³-hybridized carbons (Fsp3) is 0.250. The van der Waals surface area contributed by atoms with Crippen LogP contribution in [0.1, 0.15) is 12.5 Å². The minimum Gasteiger partial charge on any atom is -0.357 e. The minimum absolute atomic E-state index is 0.109. The maximum atomic E-state index is 12.6. The Morgan fingerprint density at radius 2 is 1.82 bits per heavy atom. The van der Waals surface area contributed by atoms with Crippen molar-refractivity contribution in [2.45, 2.75) is 29.9 Å². The van der Waals surface area contributed by atoms with E-state index in [4.69, 9.17) is 0 Å². The third-order valence-corrected chi connectivity index (χ3v) is 6.12. The number of thioether (sulfide) groups is 1. The molecule has 2 heterocycles. The fourth-order valence-corrected chi connectivity index (χ4v) is 4.32. The van der Waals surface area contributed by atoms with Gasteiger partial charge in [-0.1, -0.05) is 18.2 Å². The Morgan fingerprint density at radius 3 is 2.53 bits per heavy atom. The van der Waals surface area contributed by atoms with Gasteiger partial charge in [0.1, 0.15) is 5.82 Å². The molecule has 2 aromatic carbocycles. The number of urea groups is 1. The number of aromatic nitrogens is 1. The van der Waals surface area contributed by atoms with E-state index in [2.05, 4.69) is 32.3 Å². The van der Waals surface area contributed by atoms with Crippen LogP contribution in [-0.4, -0.2) is 40.7 Å². The van der Waals surface area contributed by atoms with Crippen molar-refractivity contribution in [2.24, 2.45) is 0 Å². The molecule has 1 fully saturated rings. The Hall–Kier alpha value is -3.24. The second-order valence-electron chi connectivity index (χ2n) is 8.00. The third-order valence-electron chi connectivity index (χ3n) is 5.38. The molecule has 0 aliphatic carbocycles. The highest BCUT2D eigenvalue weighted by molar-refractivity contribution is 8.00. The Labute approximate surface area is 200 Å². The van der Waals surface area contributed by atoms with E-state index in [9.17, 15) is 18.0 Å². The molecule has 0 spiro atoms. The molecular weight excluding hydrogens is 463 g/mol. The van der Waals surface area contributed by atoms with Crippen LogP contribution in [0.5, 0.6) is 0 Å². The number of hydrogen-bond donors (Lipinski definition) is 2. The van der Waals surface area contributed by atoms with Gasteiger partial charge in [0, 0.05) is 41.6 Å². The predicted octanol–water partition coefficient (Wildman–Crippen LogP) is 6.01. The number of amides is 2. The number of benzene rings is 2. The van der Waals surface area contributed by atoms with Crippen molar-refractivity contribution in [1.82, 2.24) is 9.88 Å². The molecule has 1 unspecified atom stereocenters. The second kappa shape index (κ2) is 10.4. The molecule has 2 amide bonds. The lowest BCUT2D eigenvalue weighted by atomic mass is 10.2. The summed E-state index contributed by atoms with van der Waals surface area (Å²) in [5.41, 5.74) is -1.72. The number of nitrogens with one attached hydrogen (secondary N) is 2. The van der Waals surface area contributed by atoms with E-state index in [1.807, 2.05) is 30.3 Å². The molecule has 178 valence electrons. The van der Waals surface area contributed by atoms with Crippen LogP contribution in [0.3, 0.4) is 0 Å². The topological polar surface area (TPSA) is 60.5 Å². The molecule has 1 aromatic heterocycles. The first-order valence-corrected chi connectivity index (χ1v) is 11.5. The zero-order valence-corrected chi connectivity index (χ0v) is 19.2. The zero-order chi connectivity index (χ0) is 24.1. The van der Waals surface area contributed by atoms with Crippen molar-refractivity contribution < 1.29 is 18.0 Å². The normalized spacial score (nSPS) is 16.5. The molecule has 0 bridgehead atoms. The number of rotatable bonds is 6. The molecule has 6 nitrogen and oxygen atoms in total. The van der Waals surface area contributed by atoms with E-state index in [0.717, 1.165) is 17.8 Å². The summed E-state index contributed by atoms with van der Waals surface area (Å²) in [5, 5.41) is 5.51. The van der Waals surface area contributed by atoms with Crippen LogP contribution in [0, 0.1) is 0 Å². The Kier molecular flexibility index (Phi) is 7.28. The highest BCUT2D eigenvalue weighted by Gasteiger charge is 2.30. The van der Waals surface area contributed by atoms with Gasteiger partial charge in [0.05, 0.1) is 6.67 Å². The van der Waals surface area contributed by atoms with Gasteiger partial charge < -0.3 is 10.2 Å². The fourth-order valence-electron chi connectivity index (χ4n) is 3.78. The van der Waals surface area contributed by atoms with Gasteiger partial charge in [-0.3, -0.25) is 10.2 Å². The largest absolute Gasteiger partial charge is 0.446 e. The number of anilines is 3. The Balaban J connectivity index is 1.34. The quantitative estimate of drug-likeness (QED) is 0.417. The third kappa shape index (κ3) is 6.64. The van der Waals surface area contributed by atoms with Crippen molar-refractivity contribution >= 4 is 35.0 Å². The van der Waals surface area contributed by atoms with Gasteiger partial charge in [-0.15, -0.1) is 0 Å². The second-order valence-corrected chi connectivity index (χ2v) is 9.13. The van der Waals surface area contributed by atoms with Crippen molar-refractivity contribution in [2.75, 3.05) is 28.7 Å². The molecule has 4 rings (SSSR count). The molecule has 0 saturated carbocycles. The Bertz CT molecular complexity index is 1110. The van der Waals surface area contributed by atoms with E-state index in [1.54, 1.807) is 30.5 Å². The highest BCUT2D eigenvalue weighted by atomic mass is 32.2. The maximum Gasteiger partial charge on any atom is 0.446 e. The Morgan fingerprint density at radius 1 is 1.09 bits per heavy atom. The zero-order valence-electron chi connectivity index (χ0n) is 18.4. The molecule has 1 atom stereocenters. The van der Waals surface area contributed by atoms with Gasteiger partial charge in [0.2, 0.25) is 0 Å². The molecular formula is C24H24F3N5OS. The summed E-state index contributed by atoms with van der Waals surface area (Å²) in [6.45, 7) is 4.17. The van der Waals surface area contributed by atoms with Crippen LogP contribution in [0.15, 0.2) is 77.8 Å². The molecule has 1 aliphatic heterocycles. The lowest BCUT2D eigenvalue weighted by Crippen LogP contribution is -2.28. The number of nitrogens with zero attached hydrogens (tertiary/aromatic N) is 3. The van der Waals surface area contributed by atoms with Crippen LogP contribution >= 0.6 is 11.8 Å². The van der Waals surface area contributed by atoms with E-state index in [0.29, 0.717) is 24.7 Å². The van der Waals surface area contributed by atoms with Crippen molar-refractivity contribution in [1.29, 1.82) is 0 Å². The van der Waals surface area contributed by atoms with Gasteiger partial charge in [0.25, 0.3) is 0 Å². The lowest BCUT2D eigenvalue weighted by Gasteiger charge is -2.21. The molecule has 1 saturated heterocycles. The van der Waals surface area contributed by atoms with Crippen LogP contribution in [0.4, 0.5) is 35.2 Å². The maximum absolute atomic E-state index is 12.6. The van der Waals surface area contributed by atoms with Crippen LogP contribution in [0.25, 0.3) is 0 Å². The average Bonchev–Trinajstić information content (AvgIpc) is 3.14. The molecule has 10 heteroatoms. The van der Waals surface area contributed by atoms with Crippen molar-refractivity contribution in [3.8, 4) is 0 Å². The number of halogens is 3. The smallest absolute Gasteiger partial charge is 0.357 e. The first-order chi connectivity index (χ1) is 16.2. The first-order valence-electron chi connectivity index (χ1n) is 10.7. The van der Waals surface area contributed by atoms with Gasteiger partial charge >= 0.3 is 11.5 Å². The SMILES string of the molecule is CC1CN(c2ccc(SC(F)(F)F)cc2)CN1Cc1ccnc(NC(=O)Nc2ccccc2)c1. The summed E-state index contributed by atoms with van der Waals surface area (Å²) in [6.07, 6.45) is 1.66. The number of alkyl halides is 3. The number of para-hydroxylation sites is 1. The van der Waals surface area contributed by atoms with E-state index in [1.165, 1.54) is 12.1 Å². The summed E-state index contributed by atoms with van der Waals surface area (Å²) in [7, 11) is 0. The highest BCUT2D eigenvalue weighted by Crippen LogP contribution is 2.37. The van der Waals surface area contributed by atoms with Crippen LogP contribution in [-0.2, 0) is 6.54 Å². The van der Waals surface area contributed by atoms with E-state index >= 15 is 0 Å². The number of hydrogen-bond acceptors (Lipinski definition) is 5. The van der Waals surface area contributed by atoms with E-state index < -0.39 is 5.51 Å². The van der Waals surface area contributed by atoms with E-state index in [-0.39, 0.29) is 28.7 Å². The molecule has 2 N–H and O–H groups in total. The van der Waals surface area contributed by atoms with Gasteiger partial charge in [0.15, 0.2) is 0 Å². The summed E-state index contributed by atoms with van der Waals surface area (Å²) >= 11 is -0.109. The average molecular weight is 488 g/mol. The van der Waals surface area contributed by atoms with Crippen LogP contribution in [0.2, 0.25) is 0 Å². The lowest BCUT2D eigenvalue weighted by molar-refractivity contribution is -0.0328. The predicted molar refractivity (Wildman–Crippen MR) is 129 cm³/mol. The monoisotopic (exact) mass is 487 g/mol. The van der Waals surface area contributed by atoms with Crippen molar-refractivity contribution in [3.63, 3.8) is 0 Å². The molecule has 34 heavy (non-hydrogen) atoms. The molecule has 0 radical (unpaired) electrons. The van der Waals surface area contributed by atoms with Crippen molar-refractivity contribution in [3.05, 3.63) is 78.5 Å². The molecule has 3 aromatic rings. The number of carbonyl (C=O) groups excluding carboxylic acids is 1. The summed E-state index contributed by atoms with van der Waals surface area (Å²) in [4.78, 5) is 21.1. The first kappa shape index (κ1) is 23.9. The van der Waals surface area contributed by atoms with Gasteiger partial charge in [-0.2, -0.15) is 13.2 Å². The standard InChI is InChI=1S/C24H24F3N5OS/c1-17-14-32(20-7-9-21(10-8-20)34-24(25,26)27)16-31(17)15-18-11-12-28-22(13-18)30-23(33)29-19-5-3-2-4-6-19/h2-13,17H,14-16H2,1H3,(H2,28,29,30,33). The minimum atomic E-state index is -4.29. The summed E-state index contributed by atoms with van der Waals surface area (Å²) in [5.74, 6) is 0.451. The summed E-state index contributed by atoms with van der Waals surface area (Å²) in [6, 6.07) is 19.2. The number of pyridine rings is 1. The van der Waals surface area contributed by atoms with Gasteiger partial charge in [-0.05, 0) is 72.8 Å². The van der Waals surface area contributed by atoms with Crippen LogP contribution < -0.4 is 15.5 Å². The summed E-state index contributed by atoms with van der Waals surface area (Å²) < 4.78 is 37.7.